The van der Waals surface area contributed by atoms with Gasteiger partial charge in [0.25, 0.3) is 5.91 Å². The summed E-state index contributed by atoms with van der Waals surface area (Å²) in [6, 6.07) is 3.85. The highest BCUT2D eigenvalue weighted by atomic mass is 16.3. The van der Waals surface area contributed by atoms with Crippen LogP contribution in [0.3, 0.4) is 0 Å². The minimum Gasteiger partial charge on any atom is -0.468 e. The molecule has 0 aromatic carbocycles. The van der Waals surface area contributed by atoms with Gasteiger partial charge in [0.05, 0.1) is 12.8 Å². The monoisotopic (exact) mass is 261 g/mol. The number of hydrogen-bond donors (Lipinski definition) is 1. The van der Waals surface area contributed by atoms with Crippen LogP contribution in [0.15, 0.2) is 29.1 Å². The minimum absolute atomic E-state index is 0.0878. The third-order valence-electron chi connectivity index (χ3n) is 3.24. The molecule has 0 aliphatic carbocycles. The first kappa shape index (κ1) is 11.9. The number of carbonyl (C=O) groups is 1. The molecule has 2 aromatic heterocycles. The fraction of sp³-hybridized carbons (Fsp3) is 0.417. The number of nitrogens with one attached hydrogen (secondary N) is 1. The van der Waals surface area contributed by atoms with Crippen molar-refractivity contribution in [3.8, 4) is 0 Å². The number of aromatic amines is 1. The standard InChI is InChI=1S/C12H15N5O2/c18-12(11-13-9-14-15-11)17-5-3-16(4-6-17)8-10-2-1-7-19-10/h1-2,7,9H,3-6,8H2,(H,13,14,15). The molecule has 19 heavy (non-hydrogen) atoms. The van der Waals surface area contributed by atoms with Gasteiger partial charge in [0.1, 0.15) is 12.1 Å². The second-order valence-electron chi connectivity index (χ2n) is 4.48. The molecule has 0 atom stereocenters. The van der Waals surface area contributed by atoms with Gasteiger partial charge in [-0.1, -0.05) is 0 Å². The summed E-state index contributed by atoms with van der Waals surface area (Å²) < 4.78 is 5.32. The second-order valence-corrected chi connectivity index (χ2v) is 4.48. The molecular formula is C12H15N5O2. The Morgan fingerprint density at radius 1 is 1.37 bits per heavy atom. The third kappa shape index (κ3) is 2.65. The lowest BCUT2D eigenvalue weighted by Crippen LogP contribution is -2.48. The van der Waals surface area contributed by atoms with Crippen molar-refractivity contribution in [2.45, 2.75) is 6.54 Å². The van der Waals surface area contributed by atoms with Crippen LogP contribution in [-0.2, 0) is 6.54 Å². The molecule has 7 heteroatoms. The number of furan rings is 1. The van der Waals surface area contributed by atoms with Gasteiger partial charge in [0.15, 0.2) is 0 Å². The van der Waals surface area contributed by atoms with Gasteiger partial charge in [-0.2, -0.15) is 5.10 Å². The zero-order valence-electron chi connectivity index (χ0n) is 10.5. The summed E-state index contributed by atoms with van der Waals surface area (Å²) in [5.41, 5.74) is 0. The number of H-pyrrole nitrogens is 1. The number of carbonyl (C=O) groups excluding carboxylic acids is 1. The Bertz CT molecular complexity index is 514. The maximum atomic E-state index is 12.0. The van der Waals surface area contributed by atoms with Crippen LogP contribution in [0.4, 0.5) is 0 Å². The summed E-state index contributed by atoms with van der Waals surface area (Å²) in [5, 5.41) is 6.30. The Hall–Kier alpha value is -2.15. The number of piperazine rings is 1. The summed E-state index contributed by atoms with van der Waals surface area (Å²) >= 11 is 0. The van der Waals surface area contributed by atoms with Gasteiger partial charge in [-0.05, 0) is 12.1 Å². The summed E-state index contributed by atoms with van der Waals surface area (Å²) in [6.07, 6.45) is 3.03. The molecule has 0 bridgehead atoms. The summed E-state index contributed by atoms with van der Waals surface area (Å²) in [4.78, 5) is 20.0. The van der Waals surface area contributed by atoms with E-state index in [1.165, 1.54) is 6.33 Å². The highest BCUT2D eigenvalue weighted by Crippen LogP contribution is 2.10. The largest absolute Gasteiger partial charge is 0.468 e. The van der Waals surface area contributed by atoms with Gasteiger partial charge < -0.3 is 9.32 Å². The molecule has 1 N–H and O–H groups in total. The van der Waals surface area contributed by atoms with E-state index < -0.39 is 0 Å². The van der Waals surface area contributed by atoms with E-state index >= 15 is 0 Å². The van der Waals surface area contributed by atoms with Gasteiger partial charge >= 0.3 is 0 Å². The van der Waals surface area contributed by atoms with Gasteiger partial charge in [-0.15, -0.1) is 0 Å². The Morgan fingerprint density at radius 3 is 2.84 bits per heavy atom. The third-order valence-corrected chi connectivity index (χ3v) is 3.24. The van der Waals surface area contributed by atoms with E-state index in [0.717, 1.165) is 25.4 Å². The minimum atomic E-state index is -0.0878. The summed E-state index contributed by atoms with van der Waals surface area (Å²) in [7, 11) is 0. The van der Waals surface area contributed by atoms with E-state index in [-0.39, 0.29) is 5.91 Å². The van der Waals surface area contributed by atoms with Crippen molar-refractivity contribution in [2.24, 2.45) is 0 Å². The normalized spacial score (nSPS) is 16.7. The first-order valence-corrected chi connectivity index (χ1v) is 6.22. The van der Waals surface area contributed by atoms with Gasteiger partial charge in [0, 0.05) is 26.2 Å². The van der Waals surface area contributed by atoms with Crippen LogP contribution in [0.5, 0.6) is 0 Å². The molecule has 3 heterocycles. The fourth-order valence-electron chi connectivity index (χ4n) is 2.19. The molecule has 100 valence electrons. The quantitative estimate of drug-likeness (QED) is 0.863. The number of amides is 1. The highest BCUT2D eigenvalue weighted by Gasteiger charge is 2.23. The maximum Gasteiger partial charge on any atom is 0.291 e. The lowest BCUT2D eigenvalue weighted by atomic mass is 10.3. The Kier molecular flexibility index (Phi) is 3.28. The van der Waals surface area contributed by atoms with Crippen LogP contribution >= 0.6 is 0 Å². The smallest absolute Gasteiger partial charge is 0.291 e. The Morgan fingerprint density at radius 2 is 2.21 bits per heavy atom. The van der Waals surface area contributed by atoms with Crippen molar-refractivity contribution in [3.63, 3.8) is 0 Å². The van der Waals surface area contributed by atoms with Crippen LogP contribution in [-0.4, -0.2) is 57.1 Å². The Balaban J connectivity index is 1.53. The summed E-state index contributed by atoms with van der Waals surface area (Å²) in [5.74, 6) is 1.17. The van der Waals surface area contributed by atoms with Crippen LogP contribution < -0.4 is 0 Å². The number of hydrogen-bond acceptors (Lipinski definition) is 5. The van der Waals surface area contributed by atoms with Crippen molar-refractivity contribution >= 4 is 5.91 Å². The van der Waals surface area contributed by atoms with Crippen molar-refractivity contribution in [2.75, 3.05) is 26.2 Å². The lowest BCUT2D eigenvalue weighted by Gasteiger charge is -2.33. The van der Waals surface area contributed by atoms with Crippen LogP contribution in [0.25, 0.3) is 0 Å². The van der Waals surface area contributed by atoms with Crippen LogP contribution in [0, 0.1) is 0 Å². The second kappa shape index (κ2) is 5.23. The van der Waals surface area contributed by atoms with Crippen LogP contribution in [0.1, 0.15) is 16.4 Å². The van der Waals surface area contributed by atoms with Crippen molar-refractivity contribution < 1.29 is 9.21 Å². The maximum absolute atomic E-state index is 12.0. The number of aromatic nitrogens is 3. The SMILES string of the molecule is O=C(c1ncn[nH]1)N1CCN(Cc2ccco2)CC1. The van der Waals surface area contributed by atoms with E-state index in [1.54, 1.807) is 11.2 Å². The molecule has 0 spiro atoms. The zero-order valence-corrected chi connectivity index (χ0v) is 10.5. The molecular weight excluding hydrogens is 246 g/mol. The van der Waals surface area contributed by atoms with E-state index in [9.17, 15) is 4.79 Å². The first-order valence-electron chi connectivity index (χ1n) is 6.22. The average molecular weight is 261 g/mol. The van der Waals surface area contributed by atoms with Gasteiger partial charge in [-0.3, -0.25) is 14.8 Å². The first-order chi connectivity index (χ1) is 9.33. The van der Waals surface area contributed by atoms with Gasteiger partial charge in [0.2, 0.25) is 5.82 Å². The molecule has 1 saturated heterocycles. The molecule has 1 aliphatic heterocycles. The molecule has 0 unspecified atom stereocenters. The van der Waals surface area contributed by atoms with Crippen LogP contribution in [0.2, 0.25) is 0 Å². The predicted molar refractivity (Wildman–Crippen MR) is 66.3 cm³/mol. The van der Waals surface area contributed by atoms with Crippen molar-refractivity contribution in [3.05, 3.63) is 36.3 Å². The van der Waals surface area contributed by atoms with Crippen molar-refractivity contribution in [1.29, 1.82) is 0 Å². The topological polar surface area (TPSA) is 78.3 Å². The van der Waals surface area contributed by atoms with E-state index in [2.05, 4.69) is 20.1 Å². The summed E-state index contributed by atoms with van der Waals surface area (Å²) in [6.45, 7) is 3.85. The molecule has 0 radical (unpaired) electrons. The highest BCUT2D eigenvalue weighted by molar-refractivity contribution is 5.90. The average Bonchev–Trinajstić information content (AvgIpc) is 3.12. The number of nitrogens with zero attached hydrogens (tertiary/aromatic N) is 4. The molecule has 1 amide bonds. The van der Waals surface area contributed by atoms with E-state index in [0.29, 0.717) is 18.9 Å². The lowest BCUT2D eigenvalue weighted by molar-refractivity contribution is 0.0609. The van der Waals surface area contributed by atoms with Crippen molar-refractivity contribution in [1.82, 2.24) is 25.0 Å². The van der Waals surface area contributed by atoms with E-state index in [1.807, 2.05) is 12.1 Å². The van der Waals surface area contributed by atoms with E-state index in [4.69, 9.17) is 4.42 Å². The molecule has 1 aliphatic rings. The molecule has 0 saturated carbocycles. The Labute approximate surface area is 110 Å². The molecule has 1 fully saturated rings. The predicted octanol–water partition coefficient (Wildman–Crippen LogP) is 0.356. The zero-order chi connectivity index (χ0) is 13.1. The van der Waals surface area contributed by atoms with Gasteiger partial charge in [-0.25, -0.2) is 4.98 Å². The fourth-order valence-corrected chi connectivity index (χ4v) is 2.19. The molecule has 7 nitrogen and oxygen atoms in total. The number of rotatable bonds is 3. The molecule has 2 aromatic rings. The molecule has 3 rings (SSSR count).